The van der Waals surface area contributed by atoms with Crippen molar-refractivity contribution in [3.63, 3.8) is 0 Å². The molecule has 3 amide bonds. The third kappa shape index (κ3) is 5.36. The van der Waals surface area contributed by atoms with Crippen LogP contribution in [0.25, 0.3) is 0 Å². The molecule has 220 valence electrons. The summed E-state index contributed by atoms with van der Waals surface area (Å²) in [5, 5.41) is 2.16. The number of fused-ring (bicyclic) bond motifs is 2. The lowest BCUT2D eigenvalue weighted by atomic mass is 9.83. The fourth-order valence-corrected chi connectivity index (χ4v) is 8.15. The third-order valence-electron chi connectivity index (χ3n) is 7.14. The van der Waals surface area contributed by atoms with Crippen LogP contribution in [-0.2, 0) is 27.1 Å². The van der Waals surface area contributed by atoms with Gasteiger partial charge >= 0.3 is 11.0 Å². The van der Waals surface area contributed by atoms with Crippen LogP contribution in [0.15, 0.2) is 82.6 Å². The Balaban J connectivity index is 1.37. The minimum absolute atomic E-state index is 0.102. The van der Waals surface area contributed by atoms with Gasteiger partial charge in [0.1, 0.15) is 17.6 Å². The van der Waals surface area contributed by atoms with Gasteiger partial charge in [-0.05, 0) is 60.2 Å². The van der Waals surface area contributed by atoms with Gasteiger partial charge in [-0.15, -0.1) is 0 Å². The number of hydrogen-bond acceptors (Lipinski definition) is 6. The summed E-state index contributed by atoms with van der Waals surface area (Å²) in [6, 6.07) is 15.7. The monoisotopic (exact) mass is 647 g/mol. The molecular formula is C29H18ClF4N3O4S2. The zero-order chi connectivity index (χ0) is 30.6. The van der Waals surface area contributed by atoms with E-state index in [1.165, 1.54) is 18.2 Å². The molecule has 4 aromatic rings. The molecule has 0 unspecified atom stereocenters. The molecule has 0 radical (unpaired) electrons. The van der Waals surface area contributed by atoms with E-state index >= 15 is 0 Å². The van der Waals surface area contributed by atoms with Crippen molar-refractivity contribution in [1.82, 2.24) is 4.57 Å². The predicted molar refractivity (Wildman–Crippen MR) is 154 cm³/mol. The van der Waals surface area contributed by atoms with Crippen molar-refractivity contribution in [2.24, 2.45) is 5.92 Å². The molecule has 14 heteroatoms. The quantitative estimate of drug-likeness (QED) is 0.207. The third-order valence-corrected chi connectivity index (χ3v) is 9.99. The molecule has 0 spiro atoms. The number of carbonyl (C=O) groups excluding carboxylic acids is 3. The van der Waals surface area contributed by atoms with Crippen LogP contribution in [0, 0.1) is 11.7 Å². The molecule has 1 saturated heterocycles. The van der Waals surface area contributed by atoms with Crippen LogP contribution in [-0.4, -0.2) is 27.5 Å². The first-order valence-corrected chi connectivity index (χ1v) is 14.8. The van der Waals surface area contributed by atoms with Crippen molar-refractivity contribution in [2.75, 3.05) is 10.2 Å². The summed E-state index contributed by atoms with van der Waals surface area (Å²) in [5.74, 6) is -4.03. The Morgan fingerprint density at radius 1 is 0.953 bits per heavy atom. The molecule has 6 rings (SSSR count). The number of halogens is 5. The molecule has 3 aromatic carbocycles. The summed E-state index contributed by atoms with van der Waals surface area (Å²) in [7, 11) is 0. The molecule has 1 N–H and O–H groups in total. The molecule has 7 nitrogen and oxygen atoms in total. The van der Waals surface area contributed by atoms with Gasteiger partial charge in [-0.2, -0.15) is 13.2 Å². The SMILES string of the molecule is O=C(Cn1c2c(sc1=O)[C@@H](c1ccc(Cl)cc1)[C@@H]1C(=O)N(c3ccc(F)cc3)C(=O)[C@@H]1S2)Nc1cccc(C(F)(F)F)c1. The highest BCUT2D eigenvalue weighted by Gasteiger charge is 2.56. The number of aromatic nitrogens is 1. The van der Waals surface area contributed by atoms with Gasteiger partial charge in [-0.1, -0.05) is 52.9 Å². The topological polar surface area (TPSA) is 88.5 Å². The molecule has 43 heavy (non-hydrogen) atoms. The Labute approximate surface area is 254 Å². The van der Waals surface area contributed by atoms with Crippen molar-refractivity contribution in [2.45, 2.75) is 28.9 Å². The normalized spacial score (nSPS) is 19.7. The van der Waals surface area contributed by atoms with Gasteiger partial charge in [0.25, 0.3) is 0 Å². The highest BCUT2D eigenvalue weighted by Crippen LogP contribution is 2.54. The van der Waals surface area contributed by atoms with Crippen molar-refractivity contribution in [3.05, 3.63) is 109 Å². The van der Waals surface area contributed by atoms with Crippen LogP contribution in [0.3, 0.4) is 0 Å². The molecule has 3 atom stereocenters. The Bertz CT molecular complexity index is 1820. The van der Waals surface area contributed by atoms with Gasteiger partial charge in [0.15, 0.2) is 0 Å². The summed E-state index contributed by atoms with van der Waals surface area (Å²) in [6.07, 6.45) is -4.61. The van der Waals surface area contributed by atoms with E-state index in [0.29, 0.717) is 20.5 Å². The van der Waals surface area contributed by atoms with Gasteiger partial charge in [0, 0.05) is 21.5 Å². The lowest BCUT2D eigenvalue weighted by molar-refractivity contribution is -0.137. The first-order valence-electron chi connectivity index (χ1n) is 12.7. The molecule has 0 saturated carbocycles. The van der Waals surface area contributed by atoms with E-state index in [1.807, 2.05) is 0 Å². The number of thioether (sulfide) groups is 1. The van der Waals surface area contributed by atoms with E-state index in [0.717, 1.165) is 62.9 Å². The number of thiazole rings is 1. The summed E-state index contributed by atoms with van der Waals surface area (Å²) >= 11 is 7.89. The van der Waals surface area contributed by atoms with Crippen molar-refractivity contribution in [3.8, 4) is 0 Å². The zero-order valence-corrected chi connectivity index (χ0v) is 24.0. The maximum atomic E-state index is 13.8. The highest BCUT2D eigenvalue weighted by atomic mass is 35.5. The molecule has 1 aromatic heterocycles. The van der Waals surface area contributed by atoms with Crippen LogP contribution >= 0.6 is 34.7 Å². The minimum atomic E-state index is -4.61. The van der Waals surface area contributed by atoms with Crippen LogP contribution in [0.2, 0.25) is 5.02 Å². The first-order chi connectivity index (χ1) is 20.4. The molecule has 1 fully saturated rings. The fraction of sp³-hybridized carbons (Fsp3) is 0.172. The molecule has 0 aliphatic carbocycles. The average Bonchev–Trinajstić information content (AvgIpc) is 3.40. The standard InChI is InChI=1S/C29H18ClF4N3O4S2/c30-16-6-4-14(5-7-16)21-22-23(26(40)37(25(22)39)19-10-8-17(31)9-11-19)42-27-24(21)43-28(41)36(27)13-20(38)35-18-3-1-2-15(12-18)29(32,33)34/h1-12,21-23H,13H2,(H,35,38)/t21-,22-,23+/m0/s1. The average molecular weight is 648 g/mol. The summed E-state index contributed by atoms with van der Waals surface area (Å²) in [5.41, 5.74) is -0.236. The van der Waals surface area contributed by atoms with Crippen LogP contribution in [0.1, 0.15) is 21.9 Å². The number of hydrogen-bond donors (Lipinski definition) is 1. The number of rotatable bonds is 5. The largest absolute Gasteiger partial charge is 0.416 e. The molecular weight excluding hydrogens is 630 g/mol. The number of anilines is 2. The zero-order valence-electron chi connectivity index (χ0n) is 21.6. The lowest BCUT2D eigenvalue weighted by Gasteiger charge is -2.30. The smallest absolute Gasteiger partial charge is 0.325 e. The second-order valence-electron chi connectivity index (χ2n) is 9.83. The number of imide groups is 1. The van der Waals surface area contributed by atoms with E-state index in [9.17, 15) is 36.7 Å². The van der Waals surface area contributed by atoms with Gasteiger partial charge < -0.3 is 5.32 Å². The number of amides is 3. The summed E-state index contributed by atoms with van der Waals surface area (Å²) < 4.78 is 54.2. The number of alkyl halides is 3. The molecule has 2 aliphatic rings. The van der Waals surface area contributed by atoms with Crippen molar-refractivity contribution in [1.29, 1.82) is 0 Å². The van der Waals surface area contributed by atoms with Gasteiger partial charge in [0.2, 0.25) is 17.7 Å². The van der Waals surface area contributed by atoms with Crippen molar-refractivity contribution < 1.29 is 31.9 Å². The Kier molecular flexibility index (Phi) is 7.43. The Hall–Kier alpha value is -3.94. The van der Waals surface area contributed by atoms with E-state index in [-0.39, 0.29) is 11.4 Å². The Morgan fingerprint density at radius 2 is 1.65 bits per heavy atom. The predicted octanol–water partition coefficient (Wildman–Crippen LogP) is 6.16. The lowest BCUT2D eigenvalue weighted by Crippen LogP contribution is -2.33. The van der Waals surface area contributed by atoms with Crippen LogP contribution < -0.4 is 15.1 Å². The molecule has 3 heterocycles. The highest BCUT2D eigenvalue weighted by molar-refractivity contribution is 8.00. The number of carbonyl (C=O) groups is 3. The van der Waals surface area contributed by atoms with Gasteiger partial charge in [-0.25, -0.2) is 9.29 Å². The number of nitrogens with one attached hydrogen (secondary N) is 1. The summed E-state index contributed by atoms with van der Waals surface area (Å²) in [4.78, 5) is 54.6. The maximum Gasteiger partial charge on any atom is 0.416 e. The summed E-state index contributed by atoms with van der Waals surface area (Å²) in [6.45, 7) is -0.539. The van der Waals surface area contributed by atoms with Gasteiger partial charge in [0.05, 0.1) is 22.2 Å². The fourth-order valence-electron chi connectivity index (χ4n) is 5.25. The van der Waals surface area contributed by atoms with E-state index < -0.39 is 63.8 Å². The van der Waals surface area contributed by atoms with E-state index in [1.54, 1.807) is 24.3 Å². The number of benzene rings is 3. The van der Waals surface area contributed by atoms with E-state index in [2.05, 4.69) is 5.32 Å². The first kappa shape index (κ1) is 29.1. The molecule has 0 bridgehead atoms. The van der Waals surface area contributed by atoms with Crippen molar-refractivity contribution >= 4 is 63.8 Å². The number of nitrogens with zero attached hydrogens (tertiary/aromatic N) is 2. The van der Waals surface area contributed by atoms with Crippen LogP contribution in [0.5, 0.6) is 0 Å². The molecule has 2 aliphatic heterocycles. The Morgan fingerprint density at radius 3 is 2.33 bits per heavy atom. The van der Waals surface area contributed by atoms with Gasteiger partial charge in [-0.3, -0.25) is 23.7 Å². The van der Waals surface area contributed by atoms with E-state index in [4.69, 9.17) is 11.6 Å². The maximum absolute atomic E-state index is 13.8. The minimum Gasteiger partial charge on any atom is -0.325 e. The second kappa shape index (κ2) is 11.0. The van der Waals surface area contributed by atoms with Crippen LogP contribution in [0.4, 0.5) is 28.9 Å². The second-order valence-corrected chi connectivity index (χ2v) is 12.4.